The highest BCUT2D eigenvalue weighted by Crippen LogP contribution is 2.14. The number of carbonyl (C=O) groups excluding carboxylic acids is 1. The molecule has 0 atom stereocenters. The lowest BCUT2D eigenvalue weighted by molar-refractivity contribution is -0.116. The van der Waals surface area contributed by atoms with E-state index in [-0.39, 0.29) is 12.5 Å². The molecule has 0 bridgehead atoms. The van der Waals surface area contributed by atoms with Crippen molar-refractivity contribution < 1.29 is 9.90 Å². The summed E-state index contributed by atoms with van der Waals surface area (Å²) in [5.74, 6) is -0.00512. The summed E-state index contributed by atoms with van der Waals surface area (Å²) < 4.78 is 0. The number of rotatable bonds is 9. The van der Waals surface area contributed by atoms with Crippen LogP contribution in [-0.4, -0.2) is 42.7 Å². The first-order valence-corrected chi connectivity index (χ1v) is 7.34. The van der Waals surface area contributed by atoms with E-state index in [1.807, 2.05) is 19.2 Å². The van der Waals surface area contributed by atoms with Gasteiger partial charge in [0.2, 0.25) is 5.91 Å². The number of nitrogens with one attached hydrogen (secondary N) is 1. The molecule has 20 heavy (non-hydrogen) atoms. The van der Waals surface area contributed by atoms with Crippen molar-refractivity contribution in [3.05, 3.63) is 29.3 Å². The fourth-order valence-electron chi connectivity index (χ4n) is 1.86. The molecule has 0 aliphatic heterocycles. The molecule has 0 spiro atoms. The Labute approximate surface area is 125 Å². The van der Waals surface area contributed by atoms with Crippen molar-refractivity contribution in [2.75, 3.05) is 32.1 Å². The number of amides is 1. The van der Waals surface area contributed by atoms with Gasteiger partial charge in [0.05, 0.1) is 0 Å². The second kappa shape index (κ2) is 9.75. The molecule has 0 aliphatic rings. The van der Waals surface area contributed by atoms with Gasteiger partial charge in [0, 0.05) is 30.3 Å². The summed E-state index contributed by atoms with van der Waals surface area (Å²) in [7, 11) is 2.01. The summed E-state index contributed by atoms with van der Waals surface area (Å²) in [4.78, 5) is 13.9. The van der Waals surface area contributed by atoms with Gasteiger partial charge in [-0.2, -0.15) is 0 Å². The second-order valence-corrected chi connectivity index (χ2v) is 5.33. The topological polar surface area (TPSA) is 52.6 Å². The van der Waals surface area contributed by atoms with Crippen LogP contribution in [0.2, 0.25) is 5.02 Å². The van der Waals surface area contributed by atoms with Crippen LogP contribution >= 0.6 is 11.6 Å². The van der Waals surface area contributed by atoms with Gasteiger partial charge in [-0.15, -0.1) is 0 Å². The number of hydrogen-bond acceptors (Lipinski definition) is 3. The Kier molecular flexibility index (Phi) is 8.26. The molecule has 1 amide bonds. The normalized spacial score (nSPS) is 10.8. The Morgan fingerprint density at radius 3 is 2.80 bits per heavy atom. The smallest absolute Gasteiger partial charge is 0.225 e. The van der Waals surface area contributed by atoms with Crippen molar-refractivity contribution >= 4 is 23.2 Å². The number of nitrogens with zero attached hydrogens (tertiary/aromatic N) is 1. The SMILES string of the molecule is CN(CCCCCO)CCC(=O)Nc1cccc(Cl)c1. The molecule has 112 valence electrons. The molecule has 1 aromatic rings. The molecule has 0 fully saturated rings. The number of aliphatic hydroxyl groups is 1. The van der Waals surface area contributed by atoms with E-state index in [0.717, 1.165) is 38.0 Å². The molecule has 1 aromatic carbocycles. The minimum atomic E-state index is -0.00512. The molecular weight excluding hydrogens is 276 g/mol. The van der Waals surface area contributed by atoms with Crippen LogP contribution in [0.3, 0.4) is 0 Å². The van der Waals surface area contributed by atoms with Gasteiger partial charge in [0.15, 0.2) is 0 Å². The first-order valence-electron chi connectivity index (χ1n) is 6.96. The first kappa shape index (κ1) is 17.0. The minimum Gasteiger partial charge on any atom is -0.396 e. The van der Waals surface area contributed by atoms with Gasteiger partial charge in [0.1, 0.15) is 0 Å². The molecule has 0 saturated heterocycles. The van der Waals surface area contributed by atoms with Crippen LogP contribution in [0.5, 0.6) is 0 Å². The molecule has 0 aromatic heterocycles. The van der Waals surface area contributed by atoms with Crippen LogP contribution in [0.4, 0.5) is 5.69 Å². The van der Waals surface area contributed by atoms with Crippen LogP contribution in [0.1, 0.15) is 25.7 Å². The van der Waals surface area contributed by atoms with Gasteiger partial charge >= 0.3 is 0 Å². The zero-order valence-electron chi connectivity index (χ0n) is 11.9. The van der Waals surface area contributed by atoms with Gasteiger partial charge in [-0.05, 0) is 51.1 Å². The Hall–Kier alpha value is -1.10. The third-order valence-electron chi connectivity index (χ3n) is 3.03. The third-order valence-corrected chi connectivity index (χ3v) is 3.26. The highest BCUT2D eigenvalue weighted by Gasteiger charge is 2.05. The number of halogens is 1. The Balaban J connectivity index is 2.19. The maximum Gasteiger partial charge on any atom is 0.225 e. The van der Waals surface area contributed by atoms with Crippen LogP contribution in [0.15, 0.2) is 24.3 Å². The van der Waals surface area contributed by atoms with Crippen LogP contribution in [-0.2, 0) is 4.79 Å². The van der Waals surface area contributed by atoms with Crippen molar-refractivity contribution in [1.82, 2.24) is 4.90 Å². The van der Waals surface area contributed by atoms with E-state index in [1.54, 1.807) is 12.1 Å². The monoisotopic (exact) mass is 298 g/mol. The van der Waals surface area contributed by atoms with Crippen molar-refractivity contribution in [2.24, 2.45) is 0 Å². The van der Waals surface area contributed by atoms with Gasteiger partial charge in [0.25, 0.3) is 0 Å². The molecule has 0 unspecified atom stereocenters. The lowest BCUT2D eigenvalue weighted by atomic mass is 10.2. The summed E-state index contributed by atoms with van der Waals surface area (Å²) >= 11 is 5.86. The molecular formula is C15H23ClN2O2. The molecule has 0 radical (unpaired) electrons. The number of aliphatic hydroxyl groups excluding tert-OH is 1. The number of carbonyl (C=O) groups is 1. The van der Waals surface area contributed by atoms with Crippen LogP contribution < -0.4 is 5.32 Å². The molecule has 0 heterocycles. The van der Waals surface area contributed by atoms with Crippen LogP contribution in [0.25, 0.3) is 0 Å². The average Bonchev–Trinajstić information content (AvgIpc) is 2.41. The Morgan fingerprint density at radius 1 is 1.30 bits per heavy atom. The van der Waals surface area contributed by atoms with Crippen molar-refractivity contribution in [1.29, 1.82) is 0 Å². The Morgan fingerprint density at radius 2 is 2.10 bits per heavy atom. The van der Waals surface area contributed by atoms with Crippen molar-refractivity contribution in [3.63, 3.8) is 0 Å². The number of benzene rings is 1. The zero-order valence-corrected chi connectivity index (χ0v) is 12.7. The summed E-state index contributed by atoms with van der Waals surface area (Å²) in [6, 6.07) is 7.14. The molecule has 1 rings (SSSR count). The lowest BCUT2D eigenvalue weighted by Gasteiger charge is -2.16. The Bertz CT molecular complexity index is 413. The summed E-state index contributed by atoms with van der Waals surface area (Å²) in [6.45, 7) is 1.93. The predicted molar refractivity (Wildman–Crippen MR) is 83.1 cm³/mol. The number of hydrogen-bond donors (Lipinski definition) is 2. The molecule has 5 heteroatoms. The van der Waals surface area contributed by atoms with E-state index in [1.165, 1.54) is 0 Å². The number of unbranched alkanes of at least 4 members (excludes halogenated alkanes) is 2. The van der Waals surface area contributed by atoms with E-state index in [2.05, 4.69) is 10.2 Å². The molecule has 0 aliphatic carbocycles. The summed E-state index contributed by atoms with van der Waals surface area (Å²) in [6.07, 6.45) is 3.38. The maximum absolute atomic E-state index is 11.8. The van der Waals surface area contributed by atoms with E-state index in [9.17, 15) is 4.79 Å². The highest BCUT2D eigenvalue weighted by molar-refractivity contribution is 6.30. The van der Waals surface area contributed by atoms with Crippen molar-refractivity contribution in [3.8, 4) is 0 Å². The van der Waals surface area contributed by atoms with Gasteiger partial charge in [-0.1, -0.05) is 17.7 Å². The van der Waals surface area contributed by atoms with E-state index in [4.69, 9.17) is 16.7 Å². The standard InChI is InChI=1S/C15H23ClN2O2/c1-18(9-3-2-4-11-19)10-8-15(20)17-14-7-5-6-13(16)12-14/h5-7,12,19H,2-4,8-11H2,1H3,(H,17,20). The molecule has 0 saturated carbocycles. The maximum atomic E-state index is 11.8. The quantitative estimate of drug-likeness (QED) is 0.689. The highest BCUT2D eigenvalue weighted by atomic mass is 35.5. The van der Waals surface area contributed by atoms with E-state index in [0.29, 0.717) is 11.4 Å². The predicted octanol–water partition coefficient (Wildman–Crippen LogP) is 2.76. The fourth-order valence-corrected chi connectivity index (χ4v) is 2.05. The van der Waals surface area contributed by atoms with E-state index >= 15 is 0 Å². The third kappa shape index (κ3) is 7.48. The summed E-state index contributed by atoms with van der Waals surface area (Å²) in [5.41, 5.74) is 0.730. The van der Waals surface area contributed by atoms with Gasteiger partial charge in [-0.3, -0.25) is 4.79 Å². The summed E-state index contributed by atoms with van der Waals surface area (Å²) in [5, 5.41) is 12.1. The second-order valence-electron chi connectivity index (χ2n) is 4.90. The minimum absolute atomic E-state index is 0.00512. The van der Waals surface area contributed by atoms with E-state index < -0.39 is 0 Å². The lowest BCUT2D eigenvalue weighted by Crippen LogP contribution is -2.25. The zero-order chi connectivity index (χ0) is 14.8. The van der Waals surface area contributed by atoms with Crippen molar-refractivity contribution in [2.45, 2.75) is 25.7 Å². The average molecular weight is 299 g/mol. The van der Waals surface area contributed by atoms with Gasteiger partial charge in [-0.25, -0.2) is 0 Å². The van der Waals surface area contributed by atoms with Gasteiger partial charge < -0.3 is 15.3 Å². The fraction of sp³-hybridized carbons (Fsp3) is 0.533. The molecule has 4 nitrogen and oxygen atoms in total. The number of anilines is 1. The largest absolute Gasteiger partial charge is 0.396 e. The molecule has 2 N–H and O–H groups in total. The first-order chi connectivity index (χ1) is 9.61. The van der Waals surface area contributed by atoms with Crippen LogP contribution in [0, 0.1) is 0 Å².